The van der Waals surface area contributed by atoms with Crippen molar-refractivity contribution in [2.45, 2.75) is 64.1 Å². The number of hydrogen-bond acceptors (Lipinski definition) is 6. The summed E-state index contributed by atoms with van der Waals surface area (Å²) < 4.78 is 17.0. The van der Waals surface area contributed by atoms with E-state index in [9.17, 15) is 14.7 Å². The molecule has 6 atom stereocenters. The Bertz CT molecular complexity index is 817. The van der Waals surface area contributed by atoms with Gasteiger partial charge in [0.2, 0.25) is 0 Å². The molecular formula is C25H34O7. The lowest BCUT2D eigenvalue weighted by molar-refractivity contribution is -0.156. The number of benzene rings is 1. The molecule has 1 saturated heterocycles. The Morgan fingerprint density at radius 1 is 1.28 bits per heavy atom. The number of rotatable bonds is 9. The van der Waals surface area contributed by atoms with Crippen LogP contribution in [0, 0.1) is 23.7 Å². The van der Waals surface area contributed by atoms with E-state index in [1.807, 2.05) is 19.1 Å². The highest BCUT2D eigenvalue weighted by atomic mass is 16.6. The van der Waals surface area contributed by atoms with Crippen molar-refractivity contribution in [2.24, 2.45) is 23.7 Å². The van der Waals surface area contributed by atoms with E-state index < -0.39 is 5.97 Å². The maximum atomic E-state index is 12.7. The zero-order valence-corrected chi connectivity index (χ0v) is 18.7. The number of fused-ring (bicyclic) bond motifs is 2. The number of ether oxygens (including phenoxy) is 3. The molecule has 1 heterocycles. The van der Waals surface area contributed by atoms with Crippen LogP contribution in [-0.2, 0) is 31.9 Å². The minimum absolute atomic E-state index is 0.153. The molecule has 4 rings (SSSR count). The highest BCUT2D eigenvalue weighted by Gasteiger charge is 2.47. The van der Waals surface area contributed by atoms with E-state index in [0.717, 1.165) is 37.7 Å². The molecule has 1 unspecified atom stereocenters. The van der Waals surface area contributed by atoms with Crippen LogP contribution in [0.1, 0.15) is 50.2 Å². The normalized spacial score (nSPS) is 29.8. The molecular weight excluding hydrogens is 412 g/mol. The minimum atomic E-state index is -0.991. The average Bonchev–Trinajstić information content (AvgIpc) is 3.42. The van der Waals surface area contributed by atoms with Crippen LogP contribution in [0.25, 0.3) is 0 Å². The fraction of sp³-hybridized carbons (Fsp3) is 0.680. The van der Waals surface area contributed by atoms with Crippen molar-refractivity contribution in [2.75, 3.05) is 19.8 Å². The Kier molecular flexibility index (Phi) is 7.36. The number of carbonyl (C=O) groups excluding carboxylic acids is 1. The van der Waals surface area contributed by atoms with Crippen LogP contribution in [-0.4, -0.2) is 54.2 Å². The molecule has 7 heteroatoms. The van der Waals surface area contributed by atoms with Gasteiger partial charge in [-0.25, -0.2) is 4.79 Å². The van der Waals surface area contributed by atoms with Crippen molar-refractivity contribution >= 4 is 11.9 Å². The molecule has 2 aliphatic carbocycles. The molecule has 2 N–H and O–H groups in total. The quantitative estimate of drug-likeness (QED) is 0.562. The monoisotopic (exact) mass is 446 g/mol. The molecule has 32 heavy (non-hydrogen) atoms. The first-order valence-electron chi connectivity index (χ1n) is 11.9. The Morgan fingerprint density at radius 3 is 2.84 bits per heavy atom. The molecule has 0 radical (unpaired) electrons. The summed E-state index contributed by atoms with van der Waals surface area (Å²) in [5.41, 5.74) is 2.27. The maximum absolute atomic E-state index is 12.7. The van der Waals surface area contributed by atoms with Gasteiger partial charge in [0, 0.05) is 6.61 Å². The van der Waals surface area contributed by atoms with Crippen LogP contribution in [0.15, 0.2) is 18.2 Å². The average molecular weight is 447 g/mol. The molecule has 1 aromatic carbocycles. The van der Waals surface area contributed by atoms with Crippen LogP contribution in [0.3, 0.4) is 0 Å². The second-order valence-electron chi connectivity index (χ2n) is 9.48. The predicted molar refractivity (Wildman–Crippen MR) is 116 cm³/mol. The van der Waals surface area contributed by atoms with Gasteiger partial charge in [-0.2, -0.15) is 0 Å². The first-order valence-corrected chi connectivity index (χ1v) is 11.9. The molecule has 1 aliphatic heterocycles. The first kappa shape index (κ1) is 23.1. The number of aliphatic hydroxyl groups excluding tert-OH is 1. The predicted octanol–water partition coefficient (Wildman–Crippen LogP) is 3.00. The SMILES string of the molecule is CC[C@H](O)CC[C@@H]1[C@H]2Cc3cccc(OCC(=O)O)c3C[C@H]2C[C@H]1OC(=O)C1CCOC1. The first-order chi connectivity index (χ1) is 15.5. The number of aliphatic hydroxyl groups is 1. The molecule has 3 aliphatic rings. The fourth-order valence-electron chi connectivity index (χ4n) is 5.74. The van der Waals surface area contributed by atoms with Crippen LogP contribution in [0.4, 0.5) is 0 Å². The molecule has 176 valence electrons. The van der Waals surface area contributed by atoms with Gasteiger partial charge in [0.25, 0.3) is 0 Å². The van der Waals surface area contributed by atoms with Gasteiger partial charge < -0.3 is 24.4 Å². The molecule has 0 bridgehead atoms. The Balaban J connectivity index is 1.51. The van der Waals surface area contributed by atoms with Gasteiger partial charge in [-0.15, -0.1) is 0 Å². The number of esters is 1. The lowest BCUT2D eigenvalue weighted by Gasteiger charge is -2.32. The van der Waals surface area contributed by atoms with Crippen molar-refractivity contribution in [3.8, 4) is 5.75 Å². The number of carbonyl (C=O) groups is 2. The maximum Gasteiger partial charge on any atom is 0.341 e. The van der Waals surface area contributed by atoms with Crippen molar-refractivity contribution in [3.63, 3.8) is 0 Å². The number of hydrogen-bond donors (Lipinski definition) is 2. The summed E-state index contributed by atoms with van der Waals surface area (Å²) in [6.45, 7) is 2.67. The number of carboxylic acid groups (broad SMARTS) is 1. The van der Waals surface area contributed by atoms with Gasteiger partial charge in [-0.05, 0) is 79.9 Å². The zero-order valence-electron chi connectivity index (χ0n) is 18.7. The van der Waals surface area contributed by atoms with E-state index in [-0.39, 0.29) is 36.6 Å². The van der Waals surface area contributed by atoms with Crippen molar-refractivity contribution < 1.29 is 34.0 Å². The Morgan fingerprint density at radius 2 is 2.12 bits per heavy atom. The summed E-state index contributed by atoms with van der Waals surface area (Å²) in [4.78, 5) is 23.7. The molecule has 7 nitrogen and oxygen atoms in total. The second-order valence-corrected chi connectivity index (χ2v) is 9.48. The molecule has 1 saturated carbocycles. The summed E-state index contributed by atoms with van der Waals surface area (Å²) in [6.07, 6.45) is 4.94. The molecule has 0 amide bonds. The van der Waals surface area contributed by atoms with Crippen molar-refractivity contribution in [1.82, 2.24) is 0 Å². The van der Waals surface area contributed by atoms with E-state index in [4.69, 9.17) is 19.3 Å². The second kappa shape index (κ2) is 10.2. The zero-order chi connectivity index (χ0) is 22.7. The van der Waals surface area contributed by atoms with Crippen LogP contribution >= 0.6 is 0 Å². The van der Waals surface area contributed by atoms with Crippen LogP contribution in [0.5, 0.6) is 5.75 Å². The summed E-state index contributed by atoms with van der Waals surface area (Å²) in [6, 6.07) is 5.84. The molecule has 1 aromatic rings. The standard InChI is InChI=1S/C25H34O7/c1-2-18(26)6-7-19-20-10-15-4-3-5-22(31-14-24(27)28)21(15)11-17(20)12-23(19)32-25(29)16-8-9-30-13-16/h3-5,16-20,23,26H,2,6-14H2,1H3,(H,27,28)/t16?,17-,18-,19+,20-,23+/m0/s1. The van der Waals surface area contributed by atoms with Gasteiger partial charge in [-0.3, -0.25) is 4.79 Å². The minimum Gasteiger partial charge on any atom is -0.482 e. The summed E-state index contributed by atoms with van der Waals surface area (Å²) in [5, 5.41) is 19.2. The summed E-state index contributed by atoms with van der Waals surface area (Å²) in [5.74, 6) is 0.254. The van der Waals surface area contributed by atoms with E-state index in [1.54, 1.807) is 0 Å². The summed E-state index contributed by atoms with van der Waals surface area (Å²) >= 11 is 0. The molecule has 2 fully saturated rings. The lowest BCUT2D eigenvalue weighted by atomic mass is 9.73. The largest absolute Gasteiger partial charge is 0.482 e. The van der Waals surface area contributed by atoms with Gasteiger partial charge in [-0.1, -0.05) is 19.1 Å². The highest BCUT2D eigenvalue weighted by molar-refractivity contribution is 5.73. The van der Waals surface area contributed by atoms with Crippen LogP contribution < -0.4 is 4.74 Å². The number of carboxylic acids is 1. The lowest BCUT2D eigenvalue weighted by Crippen LogP contribution is -2.31. The van der Waals surface area contributed by atoms with Crippen molar-refractivity contribution in [1.29, 1.82) is 0 Å². The smallest absolute Gasteiger partial charge is 0.341 e. The van der Waals surface area contributed by atoms with Gasteiger partial charge in [0.1, 0.15) is 11.9 Å². The third-order valence-corrected chi connectivity index (χ3v) is 7.51. The Hall–Kier alpha value is -2.12. The fourth-order valence-corrected chi connectivity index (χ4v) is 5.74. The van der Waals surface area contributed by atoms with Crippen LogP contribution in [0.2, 0.25) is 0 Å². The van der Waals surface area contributed by atoms with E-state index >= 15 is 0 Å². The van der Waals surface area contributed by atoms with Gasteiger partial charge in [0.05, 0.1) is 18.6 Å². The van der Waals surface area contributed by atoms with Gasteiger partial charge >= 0.3 is 11.9 Å². The molecule has 0 spiro atoms. The van der Waals surface area contributed by atoms with E-state index in [1.165, 1.54) is 5.56 Å². The highest BCUT2D eigenvalue weighted by Crippen LogP contribution is 2.49. The van der Waals surface area contributed by atoms with E-state index in [2.05, 4.69) is 6.07 Å². The topological polar surface area (TPSA) is 102 Å². The van der Waals surface area contributed by atoms with E-state index in [0.29, 0.717) is 43.6 Å². The Labute approximate surface area is 189 Å². The van der Waals surface area contributed by atoms with Gasteiger partial charge in [0.15, 0.2) is 6.61 Å². The number of aliphatic carboxylic acids is 1. The molecule has 0 aromatic heterocycles. The van der Waals surface area contributed by atoms with Crippen molar-refractivity contribution in [3.05, 3.63) is 29.3 Å². The summed E-state index contributed by atoms with van der Waals surface area (Å²) in [7, 11) is 0. The third-order valence-electron chi connectivity index (χ3n) is 7.51. The third kappa shape index (κ3) is 5.09.